The van der Waals surface area contributed by atoms with Crippen LogP contribution in [0, 0.1) is 0 Å². The van der Waals surface area contributed by atoms with Gasteiger partial charge in [0.25, 0.3) is 0 Å². The van der Waals surface area contributed by atoms with Gasteiger partial charge in [0.1, 0.15) is 0 Å². The molecule has 0 unspecified atom stereocenters. The molecule has 0 saturated heterocycles. The number of nitrogens with zero attached hydrogens (tertiary/aromatic N) is 2. The largest absolute Gasteiger partial charge is 0.406 e. The highest BCUT2D eigenvalue weighted by atomic mass is 16.7. The summed E-state index contributed by atoms with van der Waals surface area (Å²) in [6, 6.07) is 3.61. The average molecular weight is 138 g/mol. The van der Waals surface area contributed by atoms with Crippen LogP contribution < -0.4 is 4.84 Å². The van der Waals surface area contributed by atoms with Crippen LogP contribution >= 0.6 is 0 Å². The van der Waals surface area contributed by atoms with E-state index in [-0.39, 0.29) is 0 Å². The van der Waals surface area contributed by atoms with Gasteiger partial charge in [-0.1, -0.05) is 0 Å². The van der Waals surface area contributed by atoms with Crippen molar-refractivity contribution in [3.63, 3.8) is 0 Å². The summed E-state index contributed by atoms with van der Waals surface area (Å²) in [6.45, 7) is 0. The van der Waals surface area contributed by atoms with Gasteiger partial charge in [-0.25, -0.2) is 0 Å². The first kappa shape index (κ1) is 7.02. The van der Waals surface area contributed by atoms with Crippen molar-refractivity contribution in [1.29, 1.82) is 0 Å². The lowest BCUT2D eigenvalue weighted by molar-refractivity contribution is -0.00334. The fourth-order valence-corrected chi connectivity index (χ4v) is 0.610. The Bertz CT molecular complexity index is 186. The lowest BCUT2D eigenvalue weighted by atomic mass is 10.5. The Morgan fingerprint density at radius 3 is 2.40 bits per heavy atom. The second-order valence-corrected chi connectivity index (χ2v) is 2.09. The molecule has 0 aliphatic carbocycles. The summed E-state index contributed by atoms with van der Waals surface area (Å²) >= 11 is 0. The summed E-state index contributed by atoms with van der Waals surface area (Å²) in [6.07, 6.45) is 3.39. The molecule has 1 rings (SSSR count). The molecular formula is C7H10N2O. The maximum atomic E-state index is 5.21. The van der Waals surface area contributed by atoms with Crippen molar-refractivity contribution >= 4 is 0 Å². The highest BCUT2D eigenvalue weighted by Gasteiger charge is 1.91. The van der Waals surface area contributed by atoms with Crippen molar-refractivity contribution in [3.05, 3.63) is 24.5 Å². The molecule has 0 aliphatic heterocycles. The lowest BCUT2D eigenvalue weighted by Gasteiger charge is -2.10. The minimum absolute atomic E-state index is 0.806. The van der Waals surface area contributed by atoms with Gasteiger partial charge in [0.05, 0.1) is 0 Å². The standard InChI is InChI=1S/C7H10N2O/c1-9(2)10-7-3-5-8-6-4-7/h3-6H,1-2H3. The molecule has 0 aliphatic rings. The van der Waals surface area contributed by atoms with E-state index in [2.05, 4.69) is 4.98 Å². The molecule has 0 radical (unpaired) electrons. The van der Waals surface area contributed by atoms with Gasteiger partial charge in [0.15, 0.2) is 5.75 Å². The Hall–Kier alpha value is -1.09. The first-order chi connectivity index (χ1) is 4.79. The van der Waals surface area contributed by atoms with Crippen molar-refractivity contribution in [1.82, 2.24) is 10.0 Å². The monoisotopic (exact) mass is 138 g/mol. The molecule has 1 heterocycles. The summed E-state index contributed by atoms with van der Waals surface area (Å²) in [7, 11) is 3.67. The van der Waals surface area contributed by atoms with Gasteiger partial charge in [0.2, 0.25) is 0 Å². The fourth-order valence-electron chi connectivity index (χ4n) is 0.610. The van der Waals surface area contributed by atoms with Crippen LogP contribution in [-0.2, 0) is 0 Å². The van der Waals surface area contributed by atoms with Crippen LogP contribution in [0.15, 0.2) is 24.5 Å². The first-order valence-electron chi connectivity index (χ1n) is 3.04. The summed E-state index contributed by atoms with van der Waals surface area (Å²) in [5, 5.41) is 1.63. The molecule has 0 fully saturated rings. The van der Waals surface area contributed by atoms with Gasteiger partial charge in [-0.3, -0.25) is 4.98 Å². The zero-order valence-corrected chi connectivity index (χ0v) is 6.11. The van der Waals surface area contributed by atoms with Crippen molar-refractivity contribution in [2.45, 2.75) is 0 Å². The van der Waals surface area contributed by atoms with E-state index < -0.39 is 0 Å². The lowest BCUT2D eigenvalue weighted by Crippen LogP contribution is -2.15. The van der Waals surface area contributed by atoms with Crippen LogP contribution in [0.2, 0.25) is 0 Å². The van der Waals surface area contributed by atoms with Gasteiger partial charge >= 0.3 is 0 Å². The molecule has 0 amide bonds. The number of rotatable bonds is 2. The molecule has 3 heteroatoms. The Morgan fingerprint density at radius 2 is 1.90 bits per heavy atom. The Labute approximate surface area is 60.2 Å². The maximum absolute atomic E-state index is 5.21. The van der Waals surface area contributed by atoms with Crippen LogP contribution in [0.5, 0.6) is 5.75 Å². The second kappa shape index (κ2) is 3.17. The maximum Gasteiger partial charge on any atom is 0.150 e. The number of aromatic nitrogens is 1. The van der Waals surface area contributed by atoms with E-state index in [0.29, 0.717) is 0 Å². The van der Waals surface area contributed by atoms with Gasteiger partial charge in [-0.05, 0) is 0 Å². The topological polar surface area (TPSA) is 25.4 Å². The zero-order chi connectivity index (χ0) is 7.40. The quantitative estimate of drug-likeness (QED) is 0.568. The number of hydrogen-bond donors (Lipinski definition) is 0. The average Bonchev–Trinajstić information content (AvgIpc) is 1.88. The molecular weight excluding hydrogens is 128 g/mol. The number of pyridine rings is 1. The molecule has 0 saturated carbocycles. The van der Waals surface area contributed by atoms with Crippen LogP contribution in [0.4, 0.5) is 0 Å². The van der Waals surface area contributed by atoms with E-state index in [1.165, 1.54) is 0 Å². The third kappa shape index (κ3) is 2.03. The predicted molar refractivity (Wildman–Crippen MR) is 38.6 cm³/mol. The molecule has 3 nitrogen and oxygen atoms in total. The normalized spacial score (nSPS) is 9.90. The van der Waals surface area contributed by atoms with E-state index >= 15 is 0 Å². The van der Waals surface area contributed by atoms with Crippen LogP contribution in [0.25, 0.3) is 0 Å². The molecule has 1 aromatic heterocycles. The van der Waals surface area contributed by atoms with Gasteiger partial charge in [-0.15, -0.1) is 0 Å². The molecule has 1 aromatic rings. The Balaban J connectivity index is 2.59. The zero-order valence-electron chi connectivity index (χ0n) is 6.11. The predicted octanol–water partition coefficient (Wildman–Crippen LogP) is 0.937. The third-order valence-corrected chi connectivity index (χ3v) is 0.938. The fraction of sp³-hybridized carbons (Fsp3) is 0.286. The Morgan fingerprint density at radius 1 is 1.30 bits per heavy atom. The summed E-state index contributed by atoms with van der Waals surface area (Å²) < 4.78 is 0. The van der Waals surface area contributed by atoms with Gasteiger partial charge < -0.3 is 4.84 Å². The van der Waals surface area contributed by atoms with Gasteiger partial charge in [-0.2, -0.15) is 5.06 Å². The van der Waals surface area contributed by atoms with Crippen molar-refractivity contribution in [2.24, 2.45) is 0 Å². The van der Waals surface area contributed by atoms with Crippen molar-refractivity contribution < 1.29 is 4.84 Å². The van der Waals surface area contributed by atoms with Crippen molar-refractivity contribution in [2.75, 3.05) is 14.1 Å². The highest BCUT2D eigenvalue weighted by molar-refractivity contribution is 5.16. The SMILES string of the molecule is CN(C)Oc1ccncc1. The van der Waals surface area contributed by atoms with Crippen LogP contribution in [0.1, 0.15) is 0 Å². The molecule has 54 valence electrons. The molecule has 0 N–H and O–H groups in total. The summed E-state index contributed by atoms with van der Waals surface area (Å²) in [5.41, 5.74) is 0. The molecule has 0 aromatic carbocycles. The van der Waals surface area contributed by atoms with Crippen LogP contribution in [0.3, 0.4) is 0 Å². The minimum atomic E-state index is 0.806. The summed E-state index contributed by atoms with van der Waals surface area (Å²) in [5.74, 6) is 0.806. The highest BCUT2D eigenvalue weighted by Crippen LogP contribution is 2.06. The molecule has 10 heavy (non-hydrogen) atoms. The van der Waals surface area contributed by atoms with Gasteiger partial charge in [0, 0.05) is 38.6 Å². The molecule has 0 atom stereocenters. The second-order valence-electron chi connectivity index (χ2n) is 2.09. The summed E-state index contributed by atoms with van der Waals surface area (Å²) in [4.78, 5) is 9.06. The first-order valence-corrected chi connectivity index (χ1v) is 3.04. The Kier molecular flexibility index (Phi) is 2.23. The smallest absolute Gasteiger partial charge is 0.150 e. The van der Waals surface area contributed by atoms with E-state index in [4.69, 9.17) is 4.84 Å². The van der Waals surface area contributed by atoms with Crippen molar-refractivity contribution in [3.8, 4) is 5.75 Å². The van der Waals surface area contributed by atoms with E-state index in [1.54, 1.807) is 29.6 Å². The van der Waals surface area contributed by atoms with E-state index in [9.17, 15) is 0 Å². The molecule has 0 spiro atoms. The number of hydrogen-bond acceptors (Lipinski definition) is 3. The third-order valence-electron chi connectivity index (χ3n) is 0.938. The van der Waals surface area contributed by atoms with Crippen LogP contribution in [-0.4, -0.2) is 24.1 Å². The number of hydroxylamine groups is 2. The van der Waals surface area contributed by atoms with E-state index in [1.807, 2.05) is 14.1 Å². The van der Waals surface area contributed by atoms with E-state index in [0.717, 1.165) is 5.75 Å². The molecule has 0 bridgehead atoms. The minimum Gasteiger partial charge on any atom is -0.406 e.